The van der Waals surface area contributed by atoms with Crippen molar-refractivity contribution in [2.45, 2.75) is 20.3 Å². The topological polar surface area (TPSA) is 35.6 Å². The number of anilines is 1. The summed E-state index contributed by atoms with van der Waals surface area (Å²) in [6, 6.07) is 5.56. The van der Waals surface area contributed by atoms with E-state index in [9.17, 15) is 4.79 Å². The smallest absolute Gasteiger partial charge is 0.317 e. The summed E-state index contributed by atoms with van der Waals surface area (Å²) < 4.78 is 0. The Balaban J connectivity index is 1.83. The number of halogens is 2. The second kappa shape index (κ2) is 7.93. The third-order valence-electron chi connectivity index (χ3n) is 3.82. The molecule has 122 valence electrons. The van der Waals surface area contributed by atoms with Crippen LogP contribution in [0.1, 0.15) is 20.3 Å². The average molecular weight is 344 g/mol. The van der Waals surface area contributed by atoms with Gasteiger partial charge in [0.25, 0.3) is 0 Å². The van der Waals surface area contributed by atoms with Crippen molar-refractivity contribution in [3.8, 4) is 0 Å². The Kier molecular flexibility index (Phi) is 6.21. The highest BCUT2D eigenvalue weighted by Gasteiger charge is 2.22. The quantitative estimate of drug-likeness (QED) is 0.900. The number of carbonyl (C=O) groups excluding carboxylic acids is 1. The summed E-state index contributed by atoms with van der Waals surface area (Å²) in [4.78, 5) is 16.1. The van der Waals surface area contributed by atoms with Gasteiger partial charge in [-0.2, -0.15) is 0 Å². The first-order chi connectivity index (χ1) is 10.5. The molecule has 1 saturated heterocycles. The second-order valence-electron chi connectivity index (χ2n) is 5.98. The number of amides is 2. The van der Waals surface area contributed by atoms with Crippen molar-refractivity contribution >= 4 is 34.9 Å². The molecule has 0 atom stereocenters. The highest BCUT2D eigenvalue weighted by molar-refractivity contribution is 6.36. The minimum absolute atomic E-state index is 0.0301. The molecule has 4 nitrogen and oxygen atoms in total. The largest absolute Gasteiger partial charge is 0.367 e. The van der Waals surface area contributed by atoms with Gasteiger partial charge in [0.1, 0.15) is 0 Å². The predicted molar refractivity (Wildman–Crippen MR) is 93.1 cm³/mol. The molecule has 0 radical (unpaired) electrons. The molecule has 1 aliphatic heterocycles. The van der Waals surface area contributed by atoms with Gasteiger partial charge in [-0.25, -0.2) is 4.79 Å². The molecule has 1 aliphatic rings. The van der Waals surface area contributed by atoms with Crippen molar-refractivity contribution < 1.29 is 4.79 Å². The van der Waals surface area contributed by atoms with Crippen LogP contribution in [-0.2, 0) is 0 Å². The van der Waals surface area contributed by atoms with Crippen molar-refractivity contribution in [1.29, 1.82) is 0 Å². The zero-order chi connectivity index (χ0) is 16.1. The number of nitrogens with one attached hydrogen (secondary N) is 1. The molecule has 1 fully saturated rings. The van der Waals surface area contributed by atoms with Gasteiger partial charge in [-0.1, -0.05) is 37.0 Å². The number of piperazine rings is 1. The first-order valence-corrected chi connectivity index (χ1v) is 8.45. The third kappa shape index (κ3) is 4.68. The predicted octanol–water partition coefficient (Wildman–Crippen LogP) is 3.87. The number of urea groups is 1. The molecule has 0 aromatic heterocycles. The molecular formula is C16H23Cl2N3O. The van der Waals surface area contributed by atoms with Crippen LogP contribution in [0, 0.1) is 5.92 Å². The van der Waals surface area contributed by atoms with Crippen LogP contribution in [0.4, 0.5) is 10.5 Å². The van der Waals surface area contributed by atoms with Crippen LogP contribution in [0.5, 0.6) is 0 Å². The van der Waals surface area contributed by atoms with Gasteiger partial charge in [0.05, 0.1) is 10.7 Å². The van der Waals surface area contributed by atoms with E-state index in [1.165, 1.54) is 0 Å². The van der Waals surface area contributed by atoms with Gasteiger partial charge in [0.2, 0.25) is 0 Å². The molecule has 22 heavy (non-hydrogen) atoms. The number of rotatable bonds is 4. The lowest BCUT2D eigenvalue weighted by Crippen LogP contribution is -2.52. The summed E-state index contributed by atoms with van der Waals surface area (Å²) in [7, 11) is 0. The number of hydrogen-bond acceptors (Lipinski definition) is 2. The Morgan fingerprint density at radius 3 is 2.50 bits per heavy atom. The highest BCUT2D eigenvalue weighted by Crippen LogP contribution is 2.29. The van der Waals surface area contributed by atoms with Gasteiger partial charge in [-0.15, -0.1) is 0 Å². The molecule has 0 saturated carbocycles. The van der Waals surface area contributed by atoms with Gasteiger partial charge in [-0.05, 0) is 30.5 Å². The van der Waals surface area contributed by atoms with E-state index in [-0.39, 0.29) is 6.03 Å². The lowest BCUT2D eigenvalue weighted by atomic mass is 10.1. The van der Waals surface area contributed by atoms with Gasteiger partial charge in [0, 0.05) is 37.7 Å². The Hall–Kier alpha value is -1.13. The average Bonchev–Trinajstić information content (AvgIpc) is 2.47. The van der Waals surface area contributed by atoms with Crippen molar-refractivity contribution in [3.63, 3.8) is 0 Å². The van der Waals surface area contributed by atoms with Gasteiger partial charge in [0.15, 0.2) is 0 Å². The Morgan fingerprint density at radius 2 is 1.91 bits per heavy atom. The van der Waals surface area contributed by atoms with Crippen molar-refractivity contribution in [2.24, 2.45) is 5.92 Å². The molecule has 0 bridgehead atoms. The monoisotopic (exact) mass is 343 g/mol. The molecule has 2 rings (SSSR count). The maximum Gasteiger partial charge on any atom is 0.317 e. The zero-order valence-corrected chi connectivity index (χ0v) is 14.6. The number of carbonyl (C=O) groups is 1. The third-order valence-corrected chi connectivity index (χ3v) is 4.35. The lowest BCUT2D eigenvalue weighted by Gasteiger charge is -2.36. The maximum atomic E-state index is 12.1. The fourth-order valence-corrected chi connectivity index (χ4v) is 3.00. The summed E-state index contributed by atoms with van der Waals surface area (Å²) in [5, 5.41) is 4.27. The van der Waals surface area contributed by atoms with E-state index in [0.717, 1.165) is 31.7 Å². The molecule has 1 aromatic carbocycles. The molecule has 1 heterocycles. The Morgan fingerprint density at radius 1 is 1.23 bits per heavy atom. The van der Waals surface area contributed by atoms with Crippen LogP contribution >= 0.6 is 23.2 Å². The minimum Gasteiger partial charge on any atom is -0.367 e. The van der Waals surface area contributed by atoms with Crippen LogP contribution < -0.4 is 10.2 Å². The summed E-state index contributed by atoms with van der Waals surface area (Å²) >= 11 is 12.2. The van der Waals surface area contributed by atoms with Crippen LogP contribution in [0.2, 0.25) is 10.0 Å². The molecule has 2 amide bonds. The summed E-state index contributed by atoms with van der Waals surface area (Å²) in [6.45, 7) is 8.00. The molecule has 0 spiro atoms. The normalized spacial score (nSPS) is 15.3. The summed E-state index contributed by atoms with van der Waals surface area (Å²) in [5.41, 5.74) is 0.978. The first kappa shape index (κ1) is 17.2. The molecule has 0 aliphatic carbocycles. The Bertz CT molecular complexity index is 514. The van der Waals surface area contributed by atoms with E-state index < -0.39 is 0 Å². The molecule has 1 N–H and O–H groups in total. The minimum atomic E-state index is 0.0301. The SMILES string of the molecule is CC(C)CCNC(=O)N1CCN(c2ccc(Cl)cc2Cl)CC1. The van der Waals surface area contributed by atoms with Crippen molar-refractivity contribution in [1.82, 2.24) is 10.2 Å². The fourth-order valence-electron chi connectivity index (χ4n) is 2.47. The first-order valence-electron chi connectivity index (χ1n) is 7.70. The van der Waals surface area contributed by atoms with Gasteiger partial charge >= 0.3 is 6.03 Å². The van der Waals surface area contributed by atoms with E-state index in [4.69, 9.17) is 23.2 Å². The van der Waals surface area contributed by atoms with E-state index in [1.807, 2.05) is 17.0 Å². The standard InChI is InChI=1S/C16H23Cl2N3O/c1-12(2)5-6-19-16(22)21-9-7-20(8-10-21)15-4-3-13(17)11-14(15)18/h3-4,11-12H,5-10H2,1-2H3,(H,19,22). The molecule has 0 unspecified atom stereocenters. The summed E-state index contributed by atoms with van der Waals surface area (Å²) in [5.74, 6) is 0.601. The van der Waals surface area contributed by atoms with Gasteiger partial charge < -0.3 is 15.1 Å². The van der Waals surface area contributed by atoms with Crippen LogP contribution in [0.15, 0.2) is 18.2 Å². The Labute approximate surface area is 142 Å². The van der Waals surface area contributed by atoms with E-state index in [0.29, 0.717) is 29.1 Å². The van der Waals surface area contributed by atoms with Crippen molar-refractivity contribution in [2.75, 3.05) is 37.6 Å². The van der Waals surface area contributed by atoms with E-state index in [2.05, 4.69) is 24.1 Å². The van der Waals surface area contributed by atoms with Crippen LogP contribution in [-0.4, -0.2) is 43.7 Å². The van der Waals surface area contributed by atoms with Crippen LogP contribution in [0.25, 0.3) is 0 Å². The molecule has 1 aromatic rings. The van der Waals surface area contributed by atoms with E-state index in [1.54, 1.807) is 6.07 Å². The van der Waals surface area contributed by atoms with Crippen molar-refractivity contribution in [3.05, 3.63) is 28.2 Å². The second-order valence-corrected chi connectivity index (χ2v) is 6.83. The lowest BCUT2D eigenvalue weighted by molar-refractivity contribution is 0.194. The molecule has 6 heteroatoms. The van der Waals surface area contributed by atoms with Crippen LogP contribution in [0.3, 0.4) is 0 Å². The maximum absolute atomic E-state index is 12.1. The number of benzene rings is 1. The summed E-state index contributed by atoms with van der Waals surface area (Å²) in [6.07, 6.45) is 1.01. The number of nitrogens with zero attached hydrogens (tertiary/aromatic N) is 2. The van der Waals surface area contributed by atoms with E-state index >= 15 is 0 Å². The fraction of sp³-hybridized carbons (Fsp3) is 0.562. The molecular weight excluding hydrogens is 321 g/mol. The number of hydrogen-bond donors (Lipinski definition) is 1. The zero-order valence-electron chi connectivity index (χ0n) is 13.1. The van der Waals surface area contributed by atoms with Gasteiger partial charge in [-0.3, -0.25) is 0 Å². The highest BCUT2D eigenvalue weighted by atomic mass is 35.5.